The van der Waals surface area contributed by atoms with E-state index in [-0.39, 0.29) is 0 Å². The van der Waals surface area contributed by atoms with Crippen LogP contribution >= 0.6 is 10.9 Å². The molecule has 24 heavy (non-hydrogen) atoms. The molecule has 0 aliphatic rings. The number of methoxy groups -OCH3 is 1. The summed E-state index contributed by atoms with van der Waals surface area (Å²) >= 11 is 0. The second kappa shape index (κ2) is 17.9. The van der Waals surface area contributed by atoms with Gasteiger partial charge in [0.2, 0.25) is 0 Å². The lowest BCUT2D eigenvalue weighted by Gasteiger charge is -2.36. The summed E-state index contributed by atoms with van der Waals surface area (Å²) in [5.41, 5.74) is 0. The van der Waals surface area contributed by atoms with Crippen LogP contribution in [0, 0.1) is 0 Å². The zero-order valence-electron chi connectivity index (χ0n) is 15.8. The molecule has 0 bridgehead atoms. The number of hydrogen-bond acceptors (Lipinski definition) is 7. The number of hydrogen-bond donors (Lipinski definition) is 1. The maximum Gasteiger partial charge on any atom is 0.0887 e. The first-order valence-corrected chi connectivity index (χ1v) is 10.4. The molecule has 0 saturated carbocycles. The molecule has 7 nitrogen and oxygen atoms in total. The molecular formula is C16H37NO6S. The van der Waals surface area contributed by atoms with Crippen molar-refractivity contribution in [2.24, 2.45) is 0 Å². The van der Waals surface area contributed by atoms with Gasteiger partial charge in [-0.25, -0.2) is 0 Å². The highest BCUT2D eigenvalue weighted by Crippen LogP contribution is 2.51. The third-order valence-electron chi connectivity index (χ3n) is 2.87. The Morgan fingerprint density at radius 1 is 0.708 bits per heavy atom. The Bertz CT molecular complexity index is 244. The summed E-state index contributed by atoms with van der Waals surface area (Å²) < 4.78 is 33.0. The minimum Gasteiger partial charge on any atom is -0.382 e. The molecule has 148 valence electrons. The summed E-state index contributed by atoms with van der Waals surface area (Å²) in [6.07, 6.45) is 0.940. The van der Waals surface area contributed by atoms with Crippen LogP contribution in [0.4, 0.5) is 0 Å². The van der Waals surface area contributed by atoms with Crippen molar-refractivity contribution in [3.63, 3.8) is 0 Å². The monoisotopic (exact) mass is 371 g/mol. The van der Waals surface area contributed by atoms with E-state index in [4.69, 9.17) is 26.8 Å². The van der Waals surface area contributed by atoms with Crippen LogP contribution in [0.3, 0.4) is 0 Å². The van der Waals surface area contributed by atoms with Crippen LogP contribution < -0.4 is 5.32 Å². The Kier molecular flexibility index (Phi) is 17.9. The average molecular weight is 372 g/mol. The van der Waals surface area contributed by atoms with Crippen LogP contribution in [0.1, 0.15) is 27.2 Å². The van der Waals surface area contributed by atoms with Gasteiger partial charge in [-0.3, -0.25) is 12.5 Å². The molecule has 0 saturated heterocycles. The van der Waals surface area contributed by atoms with Gasteiger partial charge < -0.3 is 19.5 Å². The van der Waals surface area contributed by atoms with E-state index in [2.05, 4.69) is 5.32 Å². The highest BCUT2D eigenvalue weighted by Gasteiger charge is 2.25. The Morgan fingerprint density at radius 2 is 1.25 bits per heavy atom. The Balaban J connectivity index is 3.60. The van der Waals surface area contributed by atoms with Crippen molar-refractivity contribution in [2.45, 2.75) is 27.2 Å². The van der Waals surface area contributed by atoms with Gasteiger partial charge in [0, 0.05) is 19.4 Å². The molecule has 8 heteroatoms. The van der Waals surface area contributed by atoms with Gasteiger partial charge in [0.05, 0.1) is 63.7 Å². The molecule has 0 aliphatic carbocycles. The quantitative estimate of drug-likeness (QED) is 0.349. The van der Waals surface area contributed by atoms with Crippen molar-refractivity contribution >= 4 is 10.9 Å². The third kappa shape index (κ3) is 13.4. The molecule has 1 N–H and O–H groups in total. The normalized spacial score (nSPS) is 12.7. The molecule has 0 radical (unpaired) electrons. The highest BCUT2D eigenvalue weighted by molar-refractivity contribution is 8.21. The van der Waals surface area contributed by atoms with Crippen molar-refractivity contribution in [2.75, 3.05) is 78.8 Å². The zero-order valence-corrected chi connectivity index (χ0v) is 16.7. The van der Waals surface area contributed by atoms with E-state index in [9.17, 15) is 0 Å². The predicted octanol–water partition coefficient (Wildman–Crippen LogP) is 2.30. The van der Waals surface area contributed by atoms with E-state index in [0.29, 0.717) is 52.9 Å². The van der Waals surface area contributed by atoms with Crippen LogP contribution in [0.2, 0.25) is 0 Å². The Labute approximate surface area is 149 Å². The second-order valence-electron chi connectivity index (χ2n) is 4.80. The van der Waals surface area contributed by atoms with Gasteiger partial charge in [-0.2, -0.15) is 0 Å². The van der Waals surface area contributed by atoms with E-state index in [1.807, 2.05) is 20.8 Å². The molecule has 0 aliphatic heterocycles. The molecule has 0 fully saturated rings. The van der Waals surface area contributed by atoms with Gasteiger partial charge in [-0.1, -0.05) is 0 Å². The number of rotatable bonds is 19. The largest absolute Gasteiger partial charge is 0.382 e. The fourth-order valence-corrected chi connectivity index (χ4v) is 4.06. The van der Waals surface area contributed by atoms with E-state index >= 15 is 0 Å². The summed E-state index contributed by atoms with van der Waals surface area (Å²) in [4.78, 5) is 0. The summed E-state index contributed by atoms with van der Waals surface area (Å²) in [6, 6.07) is 0. The first-order valence-electron chi connectivity index (χ1n) is 8.83. The van der Waals surface area contributed by atoms with Crippen molar-refractivity contribution in [3.05, 3.63) is 0 Å². The smallest absolute Gasteiger partial charge is 0.0887 e. The lowest BCUT2D eigenvalue weighted by molar-refractivity contribution is 0.0256. The predicted molar refractivity (Wildman–Crippen MR) is 98.3 cm³/mol. The second-order valence-corrected chi connectivity index (χ2v) is 7.03. The van der Waals surface area contributed by atoms with Gasteiger partial charge in [0.1, 0.15) is 0 Å². The Morgan fingerprint density at radius 3 is 1.79 bits per heavy atom. The van der Waals surface area contributed by atoms with Gasteiger partial charge >= 0.3 is 0 Å². The van der Waals surface area contributed by atoms with E-state index in [1.54, 1.807) is 7.11 Å². The van der Waals surface area contributed by atoms with Crippen molar-refractivity contribution in [1.29, 1.82) is 0 Å². The molecule has 0 aromatic carbocycles. The van der Waals surface area contributed by atoms with E-state index < -0.39 is 10.9 Å². The summed E-state index contributed by atoms with van der Waals surface area (Å²) in [6.45, 7) is 12.5. The van der Waals surface area contributed by atoms with Gasteiger partial charge in [-0.15, -0.1) is 0 Å². The fourth-order valence-electron chi connectivity index (χ4n) is 1.93. The molecule has 0 heterocycles. The fraction of sp³-hybridized carbons (Fsp3) is 1.00. The molecule has 0 aromatic heterocycles. The van der Waals surface area contributed by atoms with Gasteiger partial charge in [0.15, 0.2) is 0 Å². The third-order valence-corrected chi connectivity index (χ3v) is 5.44. The van der Waals surface area contributed by atoms with Crippen LogP contribution in [0.25, 0.3) is 0 Å². The first kappa shape index (κ1) is 24.1. The van der Waals surface area contributed by atoms with Crippen LogP contribution in [0.15, 0.2) is 0 Å². The number of nitrogens with one attached hydrogen (secondary N) is 1. The molecule has 0 atom stereocenters. The lowest BCUT2D eigenvalue weighted by Crippen LogP contribution is -2.24. The summed E-state index contributed by atoms with van der Waals surface area (Å²) in [5, 5.41) is 3.36. The molecular weight excluding hydrogens is 334 g/mol. The maximum atomic E-state index is 5.77. The number of ether oxygens (including phenoxy) is 3. The molecule has 0 rings (SSSR count). The molecule has 0 spiro atoms. The Hall–Kier alpha value is 0.0700. The van der Waals surface area contributed by atoms with Crippen molar-refractivity contribution in [1.82, 2.24) is 5.32 Å². The maximum absolute atomic E-state index is 5.77. The van der Waals surface area contributed by atoms with Crippen LogP contribution in [-0.2, 0) is 26.8 Å². The topological polar surface area (TPSA) is 67.4 Å². The van der Waals surface area contributed by atoms with Crippen LogP contribution in [0.5, 0.6) is 0 Å². The lowest BCUT2D eigenvalue weighted by atomic mass is 10.5. The van der Waals surface area contributed by atoms with Gasteiger partial charge in [0.25, 0.3) is 0 Å². The van der Waals surface area contributed by atoms with Gasteiger partial charge in [-0.05, 0) is 33.7 Å². The molecule has 0 unspecified atom stereocenters. The molecule has 0 amide bonds. The minimum atomic E-state index is -1.86. The van der Waals surface area contributed by atoms with Crippen molar-refractivity contribution in [3.8, 4) is 0 Å². The zero-order chi connectivity index (χ0) is 17.9. The van der Waals surface area contributed by atoms with Crippen molar-refractivity contribution < 1.29 is 26.8 Å². The van der Waals surface area contributed by atoms with E-state index in [0.717, 1.165) is 25.3 Å². The summed E-state index contributed by atoms with van der Waals surface area (Å²) in [7, 11) is -0.196. The summed E-state index contributed by atoms with van der Waals surface area (Å²) in [5.74, 6) is 0.781. The average Bonchev–Trinajstić information content (AvgIpc) is 2.56. The standard InChI is InChI=1S/C16H37NO6S/c1-5-21-24(22-6-2,23-7-3)16-8-9-17-10-11-19-14-15-20-13-12-18-4/h17H,5-16H2,1-4H3. The SMILES string of the molecule is CCOS(CCCNCCOCCOCCOC)(OCC)OCC. The molecule has 0 aromatic rings. The minimum absolute atomic E-state index is 0.600. The van der Waals surface area contributed by atoms with Crippen LogP contribution in [-0.4, -0.2) is 78.8 Å². The first-order chi connectivity index (χ1) is 11.7. The highest BCUT2D eigenvalue weighted by atomic mass is 32.3. The van der Waals surface area contributed by atoms with E-state index in [1.165, 1.54) is 0 Å².